The summed E-state index contributed by atoms with van der Waals surface area (Å²) in [5.41, 5.74) is 1.92. The highest BCUT2D eigenvalue weighted by Gasteiger charge is 2.26. The largest absolute Gasteiger partial charge is 0.310 e. The zero-order valence-corrected chi connectivity index (χ0v) is 12.4. The lowest BCUT2D eigenvalue weighted by atomic mass is 9.75. The SMILES string of the molecule is CC1(C)CCC(NCc2ccccc2Br)CC1. The van der Waals surface area contributed by atoms with E-state index in [2.05, 4.69) is 59.4 Å². The number of hydrogen-bond acceptors (Lipinski definition) is 1. The van der Waals surface area contributed by atoms with Crippen molar-refractivity contribution in [3.63, 3.8) is 0 Å². The second kappa shape index (κ2) is 5.53. The normalized spacial score (nSPS) is 20.4. The molecule has 0 heterocycles. The van der Waals surface area contributed by atoms with Crippen molar-refractivity contribution in [3.05, 3.63) is 34.3 Å². The highest BCUT2D eigenvalue weighted by Crippen LogP contribution is 2.35. The first-order chi connectivity index (χ1) is 8.07. The van der Waals surface area contributed by atoms with Gasteiger partial charge in [-0.25, -0.2) is 0 Å². The molecule has 1 nitrogen and oxygen atoms in total. The van der Waals surface area contributed by atoms with Crippen molar-refractivity contribution in [2.24, 2.45) is 5.41 Å². The van der Waals surface area contributed by atoms with Gasteiger partial charge >= 0.3 is 0 Å². The van der Waals surface area contributed by atoms with E-state index in [0.29, 0.717) is 11.5 Å². The number of hydrogen-bond donors (Lipinski definition) is 1. The third-order valence-electron chi connectivity index (χ3n) is 3.88. The molecule has 0 aromatic heterocycles. The summed E-state index contributed by atoms with van der Waals surface area (Å²) in [5.74, 6) is 0. The van der Waals surface area contributed by atoms with E-state index in [9.17, 15) is 0 Å². The highest BCUT2D eigenvalue weighted by molar-refractivity contribution is 9.10. The molecule has 0 spiro atoms. The van der Waals surface area contributed by atoms with Gasteiger partial charge in [-0.15, -0.1) is 0 Å². The fraction of sp³-hybridized carbons (Fsp3) is 0.600. The molecule has 1 aromatic rings. The van der Waals surface area contributed by atoms with Crippen LogP contribution >= 0.6 is 15.9 Å². The van der Waals surface area contributed by atoms with Crippen molar-refractivity contribution in [1.82, 2.24) is 5.32 Å². The molecule has 94 valence electrons. The van der Waals surface area contributed by atoms with Crippen molar-refractivity contribution in [2.45, 2.75) is 52.1 Å². The predicted octanol–water partition coefficient (Wildman–Crippen LogP) is 4.51. The maximum Gasteiger partial charge on any atom is 0.0220 e. The van der Waals surface area contributed by atoms with Gasteiger partial charge in [0.05, 0.1) is 0 Å². The van der Waals surface area contributed by atoms with Crippen LogP contribution in [0, 0.1) is 5.41 Å². The molecule has 1 saturated carbocycles. The first-order valence-corrected chi connectivity index (χ1v) is 7.33. The molecule has 0 aliphatic heterocycles. The topological polar surface area (TPSA) is 12.0 Å². The summed E-state index contributed by atoms with van der Waals surface area (Å²) >= 11 is 3.60. The average molecular weight is 296 g/mol. The summed E-state index contributed by atoms with van der Waals surface area (Å²) in [7, 11) is 0. The second-order valence-corrected chi connectivity index (χ2v) is 6.77. The summed E-state index contributed by atoms with van der Waals surface area (Å²) in [6, 6.07) is 9.17. The molecule has 1 aliphatic rings. The van der Waals surface area contributed by atoms with Crippen LogP contribution in [0.5, 0.6) is 0 Å². The van der Waals surface area contributed by atoms with Gasteiger partial charge in [-0.05, 0) is 42.7 Å². The van der Waals surface area contributed by atoms with Crippen molar-refractivity contribution >= 4 is 15.9 Å². The number of halogens is 1. The van der Waals surface area contributed by atoms with Gasteiger partial charge in [-0.3, -0.25) is 0 Å². The Kier molecular flexibility index (Phi) is 4.26. The van der Waals surface area contributed by atoms with E-state index in [4.69, 9.17) is 0 Å². The lowest BCUT2D eigenvalue weighted by molar-refractivity contribution is 0.206. The van der Waals surface area contributed by atoms with Gasteiger partial charge in [0.25, 0.3) is 0 Å². The average Bonchev–Trinajstić information content (AvgIpc) is 2.30. The second-order valence-electron chi connectivity index (χ2n) is 5.91. The lowest BCUT2D eigenvalue weighted by Crippen LogP contribution is -2.35. The van der Waals surface area contributed by atoms with E-state index < -0.39 is 0 Å². The van der Waals surface area contributed by atoms with Gasteiger partial charge in [0.1, 0.15) is 0 Å². The van der Waals surface area contributed by atoms with Crippen molar-refractivity contribution < 1.29 is 0 Å². The van der Waals surface area contributed by atoms with Gasteiger partial charge < -0.3 is 5.32 Å². The Hall–Kier alpha value is -0.340. The fourth-order valence-corrected chi connectivity index (χ4v) is 2.92. The minimum absolute atomic E-state index is 0.561. The maximum atomic E-state index is 3.69. The van der Waals surface area contributed by atoms with Crippen molar-refractivity contribution in [3.8, 4) is 0 Å². The predicted molar refractivity (Wildman–Crippen MR) is 77.0 cm³/mol. The van der Waals surface area contributed by atoms with Gasteiger partial charge in [0.2, 0.25) is 0 Å². The molecule has 1 fully saturated rings. The van der Waals surface area contributed by atoms with Gasteiger partial charge in [0, 0.05) is 17.1 Å². The Labute approximate surface area is 113 Å². The summed E-state index contributed by atoms with van der Waals surface area (Å²) in [4.78, 5) is 0. The Balaban J connectivity index is 1.82. The van der Waals surface area contributed by atoms with Crippen LogP contribution in [0.2, 0.25) is 0 Å². The molecule has 0 saturated heterocycles. The molecular weight excluding hydrogens is 274 g/mol. The molecular formula is C15H22BrN. The standard InChI is InChI=1S/C15H22BrN/c1-15(2)9-7-13(8-10-15)17-11-12-5-3-4-6-14(12)16/h3-6,13,17H,7-11H2,1-2H3. The summed E-state index contributed by atoms with van der Waals surface area (Å²) < 4.78 is 1.21. The van der Waals surface area contributed by atoms with E-state index in [-0.39, 0.29) is 0 Å². The Bertz CT molecular complexity index is 363. The highest BCUT2D eigenvalue weighted by atomic mass is 79.9. The van der Waals surface area contributed by atoms with Crippen LogP contribution in [-0.2, 0) is 6.54 Å². The first-order valence-electron chi connectivity index (χ1n) is 6.54. The molecule has 0 atom stereocenters. The zero-order valence-electron chi connectivity index (χ0n) is 10.8. The Morgan fingerprint density at radius 2 is 1.88 bits per heavy atom. The van der Waals surface area contributed by atoms with E-state index in [0.717, 1.165) is 6.54 Å². The van der Waals surface area contributed by atoms with Crippen LogP contribution in [0.4, 0.5) is 0 Å². The molecule has 1 N–H and O–H groups in total. The molecule has 0 amide bonds. The third-order valence-corrected chi connectivity index (χ3v) is 4.65. The monoisotopic (exact) mass is 295 g/mol. The Morgan fingerprint density at radius 3 is 2.53 bits per heavy atom. The molecule has 2 rings (SSSR count). The molecule has 2 heteroatoms. The fourth-order valence-electron chi connectivity index (χ4n) is 2.50. The van der Waals surface area contributed by atoms with E-state index in [1.165, 1.54) is 35.7 Å². The molecule has 1 aliphatic carbocycles. The van der Waals surface area contributed by atoms with E-state index in [1.54, 1.807) is 0 Å². The van der Waals surface area contributed by atoms with Crippen LogP contribution in [0.15, 0.2) is 28.7 Å². The molecule has 0 unspecified atom stereocenters. The molecule has 0 radical (unpaired) electrons. The maximum absolute atomic E-state index is 3.69. The minimum atomic E-state index is 0.561. The number of nitrogens with one attached hydrogen (secondary N) is 1. The lowest BCUT2D eigenvalue weighted by Gasteiger charge is -2.34. The summed E-state index contributed by atoms with van der Waals surface area (Å²) in [6.45, 7) is 5.75. The quantitative estimate of drug-likeness (QED) is 0.865. The van der Waals surface area contributed by atoms with Crippen LogP contribution in [0.3, 0.4) is 0 Å². The summed E-state index contributed by atoms with van der Waals surface area (Å²) in [5, 5.41) is 3.69. The first kappa shape index (κ1) is 13.1. The van der Waals surface area contributed by atoms with Crippen molar-refractivity contribution in [1.29, 1.82) is 0 Å². The van der Waals surface area contributed by atoms with Crippen LogP contribution < -0.4 is 5.32 Å². The summed E-state index contributed by atoms with van der Waals surface area (Å²) in [6.07, 6.45) is 5.33. The molecule has 1 aromatic carbocycles. The zero-order chi connectivity index (χ0) is 12.3. The minimum Gasteiger partial charge on any atom is -0.310 e. The van der Waals surface area contributed by atoms with Crippen molar-refractivity contribution in [2.75, 3.05) is 0 Å². The van der Waals surface area contributed by atoms with Crippen LogP contribution in [0.25, 0.3) is 0 Å². The van der Waals surface area contributed by atoms with Crippen LogP contribution in [-0.4, -0.2) is 6.04 Å². The Morgan fingerprint density at radius 1 is 1.24 bits per heavy atom. The number of benzene rings is 1. The van der Waals surface area contributed by atoms with Gasteiger partial charge in [-0.2, -0.15) is 0 Å². The van der Waals surface area contributed by atoms with Gasteiger partial charge in [0.15, 0.2) is 0 Å². The smallest absolute Gasteiger partial charge is 0.0220 e. The van der Waals surface area contributed by atoms with E-state index >= 15 is 0 Å². The van der Waals surface area contributed by atoms with E-state index in [1.807, 2.05) is 0 Å². The van der Waals surface area contributed by atoms with Gasteiger partial charge in [-0.1, -0.05) is 48.0 Å². The van der Waals surface area contributed by atoms with Crippen LogP contribution in [0.1, 0.15) is 45.1 Å². The number of rotatable bonds is 3. The third kappa shape index (κ3) is 3.82. The molecule has 0 bridgehead atoms. The molecule has 17 heavy (non-hydrogen) atoms.